The Balaban J connectivity index is 0.00000363. The summed E-state index contributed by atoms with van der Waals surface area (Å²) in [7, 11) is 1.64. The van der Waals surface area contributed by atoms with Gasteiger partial charge in [0, 0.05) is 51.2 Å². The number of halogens is 5. The lowest BCUT2D eigenvalue weighted by Gasteiger charge is -2.35. The number of aliphatic imine (C=N–C) groups is 1. The van der Waals surface area contributed by atoms with Crippen LogP contribution in [0.15, 0.2) is 41.5 Å². The van der Waals surface area contributed by atoms with Gasteiger partial charge in [-0.15, -0.1) is 24.0 Å². The van der Waals surface area contributed by atoms with Gasteiger partial charge in [-0.05, 0) is 37.1 Å². The number of nitrogens with one attached hydrogen (secondary N) is 3. The quantitative estimate of drug-likeness (QED) is 0.163. The van der Waals surface area contributed by atoms with Crippen molar-refractivity contribution in [1.82, 2.24) is 20.6 Å². The number of nitrogens with zero attached hydrogens (tertiary/aromatic N) is 4. The van der Waals surface area contributed by atoms with Crippen molar-refractivity contribution >= 4 is 41.6 Å². The molecule has 1 saturated heterocycles. The summed E-state index contributed by atoms with van der Waals surface area (Å²) in [5.41, 5.74) is -0.143. The van der Waals surface area contributed by atoms with Crippen molar-refractivity contribution < 1.29 is 17.6 Å². The highest BCUT2D eigenvalue weighted by Gasteiger charge is 2.32. The Morgan fingerprint density at radius 2 is 2.06 bits per heavy atom. The Kier molecular flexibility index (Phi) is 9.72. The molecule has 1 aliphatic rings. The molecule has 0 amide bonds. The Hall–Kier alpha value is -2.38. The lowest BCUT2D eigenvalue weighted by molar-refractivity contribution is -0.141. The highest BCUT2D eigenvalue weighted by atomic mass is 127. The van der Waals surface area contributed by atoms with Crippen LogP contribution in [0, 0.1) is 5.82 Å². The van der Waals surface area contributed by atoms with E-state index in [1.165, 1.54) is 12.1 Å². The monoisotopic (exact) mass is 567 g/mol. The fourth-order valence-electron chi connectivity index (χ4n) is 3.35. The van der Waals surface area contributed by atoms with Gasteiger partial charge in [-0.25, -0.2) is 14.4 Å². The first-order valence-corrected chi connectivity index (χ1v) is 9.97. The van der Waals surface area contributed by atoms with Gasteiger partial charge in [-0.2, -0.15) is 13.2 Å². The molecule has 32 heavy (non-hydrogen) atoms. The van der Waals surface area contributed by atoms with Crippen molar-refractivity contribution in [3.05, 3.63) is 48.0 Å². The van der Waals surface area contributed by atoms with Crippen LogP contribution < -0.4 is 20.9 Å². The molecule has 1 aliphatic heterocycles. The summed E-state index contributed by atoms with van der Waals surface area (Å²) in [5, 5.41) is 9.22. The Labute approximate surface area is 201 Å². The van der Waals surface area contributed by atoms with Gasteiger partial charge in [0.2, 0.25) is 5.95 Å². The molecule has 0 bridgehead atoms. The average molecular weight is 567 g/mol. The molecular formula is C20H26F4IN7. The predicted octanol–water partition coefficient (Wildman–Crippen LogP) is 3.50. The van der Waals surface area contributed by atoms with E-state index in [0.717, 1.165) is 37.3 Å². The summed E-state index contributed by atoms with van der Waals surface area (Å²) in [6.45, 7) is 2.27. The first kappa shape index (κ1) is 25.9. The van der Waals surface area contributed by atoms with E-state index in [9.17, 15) is 17.6 Å². The summed E-state index contributed by atoms with van der Waals surface area (Å²) < 4.78 is 51.6. The highest BCUT2D eigenvalue weighted by Crippen LogP contribution is 2.27. The molecule has 3 rings (SSSR count). The molecule has 1 aromatic carbocycles. The van der Waals surface area contributed by atoms with Gasteiger partial charge >= 0.3 is 6.18 Å². The summed E-state index contributed by atoms with van der Waals surface area (Å²) in [4.78, 5) is 13.6. The molecule has 0 radical (unpaired) electrons. The van der Waals surface area contributed by atoms with Crippen molar-refractivity contribution in [2.75, 3.05) is 43.4 Å². The highest BCUT2D eigenvalue weighted by molar-refractivity contribution is 14.0. The Bertz CT molecular complexity index is 894. The number of aromatic nitrogens is 2. The topological polar surface area (TPSA) is 77.5 Å². The van der Waals surface area contributed by atoms with Gasteiger partial charge in [-0.1, -0.05) is 6.07 Å². The maximum absolute atomic E-state index is 13.5. The van der Waals surface area contributed by atoms with E-state index in [2.05, 4.69) is 35.8 Å². The third kappa shape index (κ3) is 7.64. The van der Waals surface area contributed by atoms with Gasteiger partial charge < -0.3 is 20.9 Å². The van der Waals surface area contributed by atoms with E-state index in [-0.39, 0.29) is 41.8 Å². The first-order valence-electron chi connectivity index (χ1n) is 9.97. The number of benzene rings is 1. The number of rotatable bonds is 6. The second-order valence-electron chi connectivity index (χ2n) is 7.10. The Morgan fingerprint density at radius 3 is 2.78 bits per heavy atom. The van der Waals surface area contributed by atoms with Crippen LogP contribution in [0.25, 0.3) is 0 Å². The molecule has 0 aliphatic carbocycles. The minimum Gasteiger partial charge on any atom is -0.369 e. The van der Waals surface area contributed by atoms with E-state index < -0.39 is 11.9 Å². The number of hydrogen-bond donors (Lipinski definition) is 3. The third-order valence-corrected chi connectivity index (χ3v) is 4.81. The van der Waals surface area contributed by atoms with Crippen LogP contribution in [0.4, 0.5) is 29.2 Å². The van der Waals surface area contributed by atoms with E-state index in [4.69, 9.17) is 0 Å². The van der Waals surface area contributed by atoms with Gasteiger partial charge in [0.05, 0.1) is 0 Å². The van der Waals surface area contributed by atoms with E-state index in [0.29, 0.717) is 25.6 Å². The first-order chi connectivity index (χ1) is 14.8. The smallest absolute Gasteiger partial charge is 0.369 e. The predicted molar refractivity (Wildman–Crippen MR) is 127 cm³/mol. The van der Waals surface area contributed by atoms with Crippen LogP contribution in [0.2, 0.25) is 0 Å². The SMILES string of the molecule is CN=C(NCCNc1nccc(C(F)(F)F)n1)NC1CCCN(c2cccc(F)c2)C1.I. The van der Waals surface area contributed by atoms with Crippen molar-refractivity contribution in [2.24, 2.45) is 4.99 Å². The van der Waals surface area contributed by atoms with Crippen molar-refractivity contribution in [3.63, 3.8) is 0 Å². The molecule has 1 atom stereocenters. The van der Waals surface area contributed by atoms with Crippen LogP contribution in [0.1, 0.15) is 18.5 Å². The molecule has 0 spiro atoms. The maximum Gasteiger partial charge on any atom is 0.433 e. The normalized spacial score (nSPS) is 16.8. The third-order valence-electron chi connectivity index (χ3n) is 4.81. The molecule has 1 fully saturated rings. The molecule has 12 heteroatoms. The maximum atomic E-state index is 13.5. The standard InChI is InChI=1S/C20H25F4N7.HI/c1-25-18(27-9-10-28-19-26-8-7-17(30-19)20(22,23)24)29-15-5-3-11-31(13-15)16-6-2-4-14(21)12-16;/h2,4,6-8,12,15H,3,5,9-11,13H2,1H3,(H2,25,27,29)(H,26,28,30);1H. The molecule has 7 nitrogen and oxygen atoms in total. The molecular weight excluding hydrogens is 541 g/mol. The van der Waals surface area contributed by atoms with E-state index >= 15 is 0 Å². The zero-order valence-electron chi connectivity index (χ0n) is 17.5. The molecule has 2 aromatic rings. The van der Waals surface area contributed by atoms with Crippen LogP contribution >= 0.6 is 24.0 Å². The van der Waals surface area contributed by atoms with Crippen LogP contribution in [-0.4, -0.2) is 55.2 Å². The van der Waals surface area contributed by atoms with Crippen LogP contribution in [0.5, 0.6) is 0 Å². The number of guanidine groups is 1. The van der Waals surface area contributed by atoms with E-state index in [1.54, 1.807) is 13.1 Å². The van der Waals surface area contributed by atoms with Crippen molar-refractivity contribution in [1.29, 1.82) is 0 Å². The lowest BCUT2D eigenvalue weighted by Crippen LogP contribution is -2.51. The van der Waals surface area contributed by atoms with Gasteiger partial charge in [0.15, 0.2) is 5.96 Å². The minimum absolute atomic E-state index is 0. The second kappa shape index (κ2) is 12.0. The summed E-state index contributed by atoms with van der Waals surface area (Å²) in [6.07, 6.45) is -1.54. The van der Waals surface area contributed by atoms with Crippen molar-refractivity contribution in [3.8, 4) is 0 Å². The average Bonchev–Trinajstić information content (AvgIpc) is 2.75. The summed E-state index contributed by atoms with van der Waals surface area (Å²) in [6, 6.07) is 7.49. The number of alkyl halides is 3. The van der Waals surface area contributed by atoms with Crippen molar-refractivity contribution in [2.45, 2.75) is 25.1 Å². The largest absolute Gasteiger partial charge is 0.433 e. The van der Waals surface area contributed by atoms with Crippen LogP contribution in [-0.2, 0) is 6.18 Å². The number of piperidine rings is 1. The molecule has 3 N–H and O–H groups in total. The molecule has 1 unspecified atom stereocenters. The van der Waals surface area contributed by atoms with E-state index in [1.807, 2.05) is 6.07 Å². The molecule has 176 valence electrons. The fourth-order valence-corrected chi connectivity index (χ4v) is 3.35. The minimum atomic E-state index is -4.51. The second-order valence-corrected chi connectivity index (χ2v) is 7.10. The lowest BCUT2D eigenvalue weighted by atomic mass is 10.0. The molecule has 2 heterocycles. The summed E-state index contributed by atoms with van der Waals surface area (Å²) >= 11 is 0. The number of hydrogen-bond acceptors (Lipinski definition) is 5. The molecule has 0 saturated carbocycles. The van der Waals surface area contributed by atoms with Crippen LogP contribution in [0.3, 0.4) is 0 Å². The summed E-state index contributed by atoms with van der Waals surface area (Å²) in [5.74, 6) is 0.234. The Morgan fingerprint density at radius 1 is 1.25 bits per heavy atom. The van der Waals surface area contributed by atoms with Gasteiger partial charge in [-0.3, -0.25) is 4.99 Å². The number of anilines is 2. The zero-order chi connectivity index (χ0) is 22.3. The van der Waals surface area contributed by atoms with Gasteiger partial charge in [0.25, 0.3) is 0 Å². The molecule has 1 aromatic heterocycles. The fraction of sp³-hybridized carbons (Fsp3) is 0.450. The van der Waals surface area contributed by atoms with Gasteiger partial charge in [0.1, 0.15) is 11.5 Å². The zero-order valence-corrected chi connectivity index (χ0v) is 19.8.